The Bertz CT molecular complexity index is 718. The van der Waals surface area contributed by atoms with Crippen LogP contribution < -0.4 is 5.46 Å². The Morgan fingerprint density at radius 2 is 1.37 bits per heavy atom. The van der Waals surface area contributed by atoms with Crippen LogP contribution in [0.25, 0.3) is 5.43 Å². The Morgan fingerprint density at radius 1 is 0.889 bits per heavy atom. The van der Waals surface area contributed by atoms with Gasteiger partial charge in [0.15, 0.2) is 0 Å². The molecule has 3 rings (SSSR count). The van der Waals surface area contributed by atoms with Gasteiger partial charge in [-0.05, 0) is 45.7 Å². The summed E-state index contributed by atoms with van der Waals surface area (Å²) in [5.74, 6) is 0. The van der Waals surface area contributed by atoms with Crippen molar-refractivity contribution in [3.05, 3.63) is 64.6 Å². The Kier molecular flexibility index (Phi) is 8.71. The van der Waals surface area contributed by atoms with Gasteiger partial charge >= 0.3 is 0 Å². The van der Waals surface area contributed by atoms with E-state index in [0.29, 0.717) is 0 Å². The number of nitrogens with zero attached hydrogens (tertiary/aromatic N) is 2. The minimum Gasteiger partial charge on any atom is -0.619 e. The monoisotopic (exact) mass is 440 g/mol. The second-order valence-electron chi connectivity index (χ2n) is 7.80. The van der Waals surface area contributed by atoms with Crippen LogP contribution in [0.3, 0.4) is 0 Å². The molecule has 3 radical (unpaired) electrons. The van der Waals surface area contributed by atoms with E-state index in [1.54, 1.807) is 27.7 Å². The quantitative estimate of drug-likeness (QED) is 0.721. The molecule has 0 saturated heterocycles. The summed E-state index contributed by atoms with van der Waals surface area (Å²) in [6.45, 7) is 10.1. The van der Waals surface area contributed by atoms with Crippen LogP contribution in [0.2, 0.25) is 0 Å². The molecule has 2 aromatic rings. The Hall–Kier alpha value is -0.711. The van der Waals surface area contributed by atoms with Crippen molar-refractivity contribution in [1.29, 1.82) is 0 Å². The van der Waals surface area contributed by atoms with E-state index < -0.39 is 11.2 Å². The smallest absolute Gasteiger partial charge is 0.114 e. The normalized spacial score (nSPS) is 13.9. The number of aliphatic hydroxyl groups is 2. The largest absolute Gasteiger partial charge is 0.619 e. The van der Waals surface area contributed by atoms with E-state index in [-0.39, 0.29) is 32.7 Å². The average molecular weight is 440 g/mol. The number of rotatable bonds is 3. The first-order valence-electron chi connectivity index (χ1n) is 8.82. The van der Waals surface area contributed by atoms with Gasteiger partial charge < -0.3 is 20.6 Å². The standard InChI is InChI=1S/C15H14BN2.C6H14O2.Y/c1-11-14(16)7-4-8-15(11)17-18-9-12-5-2-3-6-13(12)10-18;1-5(2,7)6(3,4)8;/h2-8H,9-10H2,1H3;7-8H,1-4H3;/q-1;;. The van der Waals surface area contributed by atoms with Crippen molar-refractivity contribution in [3.63, 3.8) is 0 Å². The average Bonchev–Trinajstić information content (AvgIpc) is 2.93. The van der Waals surface area contributed by atoms with E-state index in [4.69, 9.17) is 18.1 Å². The van der Waals surface area contributed by atoms with Crippen LogP contribution in [-0.2, 0) is 45.8 Å². The van der Waals surface area contributed by atoms with Crippen LogP contribution in [-0.4, -0.2) is 34.3 Å². The molecule has 0 unspecified atom stereocenters. The van der Waals surface area contributed by atoms with Crippen molar-refractivity contribution in [2.75, 3.05) is 0 Å². The molecule has 1 aliphatic heterocycles. The predicted molar refractivity (Wildman–Crippen MR) is 108 cm³/mol. The molecular formula is C21H28BN2O2Y-. The summed E-state index contributed by atoms with van der Waals surface area (Å²) in [5.41, 5.74) is 8.21. The fraction of sp³-hybridized carbons (Fsp3) is 0.429. The van der Waals surface area contributed by atoms with Crippen LogP contribution in [0.1, 0.15) is 44.4 Å². The van der Waals surface area contributed by atoms with Crippen molar-refractivity contribution in [1.82, 2.24) is 5.01 Å². The minimum absolute atomic E-state index is 0. The molecule has 0 aliphatic carbocycles. The molecule has 1 aliphatic rings. The SMILES string of the molecule is CC(C)(O)C(C)(C)O.[B]c1cccc([N-]N2Cc3ccccc3C2)c1C.[Y]. The summed E-state index contributed by atoms with van der Waals surface area (Å²) in [6, 6.07) is 14.3. The van der Waals surface area contributed by atoms with E-state index in [2.05, 4.69) is 34.7 Å². The maximum atomic E-state index is 9.10. The number of hydrogen-bond donors (Lipinski definition) is 2. The van der Waals surface area contributed by atoms with Crippen LogP contribution in [0.4, 0.5) is 5.69 Å². The fourth-order valence-corrected chi connectivity index (χ4v) is 2.29. The van der Waals surface area contributed by atoms with Crippen LogP contribution in [0, 0.1) is 6.92 Å². The molecule has 0 spiro atoms. The molecular weight excluding hydrogens is 412 g/mol. The molecule has 6 heteroatoms. The molecule has 2 N–H and O–H groups in total. The van der Waals surface area contributed by atoms with Crippen molar-refractivity contribution in [2.24, 2.45) is 0 Å². The third kappa shape index (κ3) is 6.69. The molecule has 141 valence electrons. The van der Waals surface area contributed by atoms with E-state index >= 15 is 0 Å². The van der Waals surface area contributed by atoms with Crippen LogP contribution in [0.15, 0.2) is 42.5 Å². The van der Waals surface area contributed by atoms with Crippen LogP contribution >= 0.6 is 0 Å². The van der Waals surface area contributed by atoms with Gasteiger partial charge in [-0.3, -0.25) is 0 Å². The molecule has 2 aromatic carbocycles. The summed E-state index contributed by atoms with van der Waals surface area (Å²) in [5, 5.41) is 20.3. The van der Waals surface area contributed by atoms with Gasteiger partial charge in [0, 0.05) is 45.8 Å². The van der Waals surface area contributed by atoms with Gasteiger partial charge in [0.25, 0.3) is 0 Å². The van der Waals surface area contributed by atoms with E-state index in [9.17, 15) is 0 Å². The van der Waals surface area contributed by atoms with Gasteiger partial charge in [0.2, 0.25) is 0 Å². The van der Waals surface area contributed by atoms with Crippen molar-refractivity contribution < 1.29 is 42.9 Å². The molecule has 0 saturated carbocycles. The topological polar surface area (TPSA) is 57.8 Å². The molecule has 4 nitrogen and oxygen atoms in total. The molecule has 0 aromatic heterocycles. The predicted octanol–water partition coefficient (Wildman–Crippen LogP) is 3.25. The van der Waals surface area contributed by atoms with Crippen molar-refractivity contribution in [3.8, 4) is 0 Å². The summed E-state index contributed by atoms with van der Waals surface area (Å²) in [6.07, 6.45) is 0. The van der Waals surface area contributed by atoms with E-state index in [1.807, 2.05) is 25.1 Å². The zero-order valence-corrected chi connectivity index (χ0v) is 19.7. The molecule has 0 bridgehead atoms. The first kappa shape index (κ1) is 24.3. The first-order valence-corrected chi connectivity index (χ1v) is 8.82. The molecule has 27 heavy (non-hydrogen) atoms. The molecule has 0 amide bonds. The Labute approximate surface area is 189 Å². The summed E-state index contributed by atoms with van der Waals surface area (Å²) >= 11 is 0. The fourth-order valence-electron chi connectivity index (χ4n) is 2.29. The van der Waals surface area contributed by atoms with Gasteiger partial charge in [-0.15, -0.1) is 5.69 Å². The summed E-state index contributed by atoms with van der Waals surface area (Å²) in [7, 11) is 5.90. The van der Waals surface area contributed by atoms with Crippen molar-refractivity contribution in [2.45, 2.75) is 58.9 Å². The third-order valence-electron chi connectivity index (χ3n) is 4.92. The Morgan fingerprint density at radius 3 is 1.81 bits per heavy atom. The summed E-state index contributed by atoms with van der Waals surface area (Å²) in [4.78, 5) is 0. The number of fused-ring (bicyclic) bond motifs is 1. The van der Waals surface area contributed by atoms with Gasteiger partial charge in [-0.1, -0.05) is 53.5 Å². The third-order valence-corrected chi connectivity index (χ3v) is 4.92. The van der Waals surface area contributed by atoms with E-state index in [0.717, 1.165) is 29.8 Å². The zero-order valence-electron chi connectivity index (χ0n) is 16.9. The van der Waals surface area contributed by atoms with Crippen molar-refractivity contribution >= 4 is 19.0 Å². The van der Waals surface area contributed by atoms with Gasteiger partial charge in [-0.2, -0.15) is 0 Å². The number of hydrogen-bond acceptors (Lipinski definition) is 3. The zero-order chi connectivity index (χ0) is 19.5. The van der Waals surface area contributed by atoms with Gasteiger partial charge in [-0.25, -0.2) is 0 Å². The first-order chi connectivity index (χ1) is 12.0. The van der Waals surface area contributed by atoms with E-state index in [1.165, 1.54) is 11.1 Å². The minimum atomic E-state index is -1.01. The van der Waals surface area contributed by atoms with Gasteiger partial charge in [0.05, 0.1) is 11.2 Å². The second-order valence-corrected chi connectivity index (χ2v) is 7.80. The second kappa shape index (κ2) is 9.67. The molecule has 1 heterocycles. The Balaban J connectivity index is 0.000000350. The molecule has 0 fully saturated rings. The maximum Gasteiger partial charge on any atom is 0.114 e. The molecule has 0 atom stereocenters. The maximum absolute atomic E-state index is 9.10. The van der Waals surface area contributed by atoms with Crippen LogP contribution in [0.5, 0.6) is 0 Å². The van der Waals surface area contributed by atoms with Gasteiger partial charge in [0.1, 0.15) is 7.85 Å². The number of benzene rings is 2. The summed E-state index contributed by atoms with van der Waals surface area (Å²) < 4.78 is 0.